The van der Waals surface area contributed by atoms with Gasteiger partial charge in [-0.15, -0.1) is 0 Å². The van der Waals surface area contributed by atoms with Crippen molar-refractivity contribution in [3.63, 3.8) is 0 Å². The zero-order valence-corrected chi connectivity index (χ0v) is 12.7. The Labute approximate surface area is 138 Å². The molecule has 0 aliphatic rings. The first kappa shape index (κ1) is 17.0. The average molecular weight is 328 g/mol. The number of nitrogens with one attached hydrogen (secondary N) is 2. The van der Waals surface area contributed by atoms with Crippen molar-refractivity contribution in [2.45, 2.75) is 6.61 Å². The number of para-hydroxylation sites is 1. The van der Waals surface area contributed by atoms with Crippen molar-refractivity contribution in [2.24, 2.45) is 0 Å². The zero-order valence-electron chi connectivity index (χ0n) is 12.7. The fourth-order valence-electron chi connectivity index (χ4n) is 1.90. The van der Waals surface area contributed by atoms with Gasteiger partial charge in [0.2, 0.25) is 5.91 Å². The summed E-state index contributed by atoms with van der Waals surface area (Å²) >= 11 is 0. The molecule has 0 aromatic heterocycles. The molecule has 0 aliphatic heterocycles. The standard InChI is InChI=1S/C17H16N2O5/c20-15(19-14-9-5-4-8-13(14)16(21)22)10-18-17(23)24-11-12-6-2-1-3-7-12/h1-9H,10-11H2,(H,18,23)(H,19,20)(H,21,22). The lowest BCUT2D eigenvalue weighted by Crippen LogP contribution is -2.33. The summed E-state index contributed by atoms with van der Waals surface area (Å²) in [5.41, 5.74) is 0.958. The molecule has 0 atom stereocenters. The molecule has 2 amide bonds. The Bertz CT molecular complexity index is 731. The fraction of sp³-hybridized carbons (Fsp3) is 0.118. The first-order chi connectivity index (χ1) is 11.6. The fourth-order valence-corrected chi connectivity index (χ4v) is 1.90. The number of carbonyl (C=O) groups is 3. The van der Waals surface area contributed by atoms with Crippen LogP contribution < -0.4 is 10.6 Å². The molecule has 0 saturated heterocycles. The van der Waals surface area contributed by atoms with E-state index in [0.717, 1.165) is 5.56 Å². The van der Waals surface area contributed by atoms with Crippen LogP contribution in [0.2, 0.25) is 0 Å². The van der Waals surface area contributed by atoms with Crippen LogP contribution in [0.4, 0.5) is 10.5 Å². The van der Waals surface area contributed by atoms with Crippen molar-refractivity contribution in [3.05, 3.63) is 65.7 Å². The van der Waals surface area contributed by atoms with E-state index >= 15 is 0 Å². The van der Waals surface area contributed by atoms with Crippen molar-refractivity contribution >= 4 is 23.7 Å². The number of carbonyl (C=O) groups excluding carboxylic acids is 2. The van der Waals surface area contributed by atoms with Crippen LogP contribution in [-0.2, 0) is 16.1 Å². The third kappa shape index (κ3) is 5.13. The summed E-state index contributed by atoms with van der Waals surface area (Å²) < 4.78 is 4.97. The van der Waals surface area contributed by atoms with Crippen molar-refractivity contribution in [2.75, 3.05) is 11.9 Å². The second kappa shape index (κ2) is 8.33. The van der Waals surface area contributed by atoms with Gasteiger partial charge < -0.3 is 20.5 Å². The van der Waals surface area contributed by atoms with Crippen LogP contribution in [0.1, 0.15) is 15.9 Å². The Morgan fingerprint density at radius 3 is 2.33 bits per heavy atom. The van der Waals surface area contributed by atoms with E-state index < -0.39 is 18.0 Å². The monoisotopic (exact) mass is 328 g/mol. The molecule has 0 spiro atoms. The summed E-state index contributed by atoms with van der Waals surface area (Å²) in [6.07, 6.45) is -0.736. The third-order valence-electron chi connectivity index (χ3n) is 3.04. The Hall–Kier alpha value is -3.35. The van der Waals surface area contributed by atoms with Gasteiger partial charge in [-0.1, -0.05) is 42.5 Å². The second-order valence-corrected chi connectivity index (χ2v) is 4.81. The van der Waals surface area contributed by atoms with Crippen molar-refractivity contribution in [3.8, 4) is 0 Å². The first-order valence-electron chi connectivity index (χ1n) is 7.13. The molecule has 24 heavy (non-hydrogen) atoms. The van der Waals surface area contributed by atoms with Crippen LogP contribution >= 0.6 is 0 Å². The molecule has 124 valence electrons. The number of anilines is 1. The van der Waals surface area contributed by atoms with Crippen LogP contribution in [0, 0.1) is 0 Å². The van der Waals surface area contributed by atoms with E-state index in [1.165, 1.54) is 12.1 Å². The minimum Gasteiger partial charge on any atom is -0.478 e. The molecule has 0 fully saturated rings. The minimum atomic E-state index is -1.15. The lowest BCUT2D eigenvalue weighted by Gasteiger charge is -2.09. The Kier molecular flexibility index (Phi) is 5.90. The van der Waals surface area contributed by atoms with Crippen LogP contribution in [0.25, 0.3) is 0 Å². The predicted octanol–water partition coefficient (Wildman–Crippen LogP) is 2.25. The van der Waals surface area contributed by atoms with Gasteiger partial charge in [-0.3, -0.25) is 4.79 Å². The number of rotatable bonds is 6. The second-order valence-electron chi connectivity index (χ2n) is 4.81. The molecule has 2 rings (SSSR count). The highest BCUT2D eigenvalue weighted by molar-refractivity contribution is 6.01. The number of amides is 2. The Balaban J connectivity index is 1.79. The predicted molar refractivity (Wildman–Crippen MR) is 86.7 cm³/mol. The van der Waals surface area contributed by atoms with Gasteiger partial charge in [-0.25, -0.2) is 9.59 Å². The molecule has 0 aliphatic carbocycles. The maximum Gasteiger partial charge on any atom is 0.407 e. The first-order valence-corrected chi connectivity index (χ1v) is 7.13. The van der Waals surface area contributed by atoms with E-state index in [-0.39, 0.29) is 24.4 Å². The summed E-state index contributed by atoms with van der Waals surface area (Å²) in [7, 11) is 0. The van der Waals surface area contributed by atoms with E-state index in [1.807, 2.05) is 30.3 Å². The number of aromatic carboxylic acids is 1. The van der Waals surface area contributed by atoms with Gasteiger partial charge >= 0.3 is 12.1 Å². The van der Waals surface area contributed by atoms with Gasteiger partial charge in [0.25, 0.3) is 0 Å². The van der Waals surface area contributed by atoms with Crippen LogP contribution in [-0.4, -0.2) is 29.6 Å². The zero-order chi connectivity index (χ0) is 17.4. The van der Waals surface area contributed by atoms with Gasteiger partial charge in [0.15, 0.2) is 0 Å². The molecule has 2 aromatic carbocycles. The number of carboxylic acid groups (broad SMARTS) is 1. The van der Waals surface area contributed by atoms with Crippen molar-refractivity contribution < 1.29 is 24.2 Å². The maximum atomic E-state index is 11.8. The molecule has 3 N–H and O–H groups in total. The largest absolute Gasteiger partial charge is 0.478 e. The molecule has 7 heteroatoms. The number of hydrogen-bond donors (Lipinski definition) is 3. The molecule has 0 radical (unpaired) electrons. The SMILES string of the molecule is O=C(CNC(=O)OCc1ccccc1)Nc1ccccc1C(=O)O. The van der Waals surface area contributed by atoms with Gasteiger partial charge in [0.1, 0.15) is 13.2 Å². The van der Waals surface area contributed by atoms with Crippen molar-refractivity contribution in [1.29, 1.82) is 0 Å². The quantitative estimate of drug-likeness (QED) is 0.754. The number of alkyl carbamates (subject to hydrolysis) is 1. The number of benzene rings is 2. The normalized spacial score (nSPS) is 9.83. The summed E-state index contributed by atoms with van der Waals surface area (Å²) in [5, 5.41) is 13.8. The molecule has 0 saturated carbocycles. The Morgan fingerprint density at radius 1 is 0.958 bits per heavy atom. The molecular weight excluding hydrogens is 312 g/mol. The number of hydrogen-bond acceptors (Lipinski definition) is 4. The summed E-state index contributed by atoms with van der Waals surface area (Å²) in [4.78, 5) is 34.4. The lowest BCUT2D eigenvalue weighted by atomic mass is 10.2. The minimum absolute atomic E-state index is 0.0301. The van der Waals surface area contributed by atoms with E-state index in [2.05, 4.69) is 10.6 Å². The van der Waals surface area contributed by atoms with E-state index in [4.69, 9.17) is 9.84 Å². The van der Waals surface area contributed by atoms with Gasteiger partial charge in [-0.2, -0.15) is 0 Å². The highest BCUT2D eigenvalue weighted by Gasteiger charge is 2.12. The Morgan fingerprint density at radius 2 is 1.62 bits per heavy atom. The highest BCUT2D eigenvalue weighted by atomic mass is 16.5. The molecule has 7 nitrogen and oxygen atoms in total. The summed E-state index contributed by atoms with van der Waals surface area (Å²) in [6.45, 7) is -0.238. The number of carboxylic acids is 1. The summed E-state index contributed by atoms with van der Waals surface area (Å²) in [6, 6.07) is 15.1. The highest BCUT2D eigenvalue weighted by Crippen LogP contribution is 2.14. The number of ether oxygens (including phenoxy) is 1. The van der Waals surface area contributed by atoms with Crippen LogP contribution in [0.5, 0.6) is 0 Å². The summed E-state index contributed by atoms with van der Waals surface area (Å²) in [5.74, 6) is -1.71. The third-order valence-corrected chi connectivity index (χ3v) is 3.04. The van der Waals surface area contributed by atoms with Crippen LogP contribution in [0.3, 0.4) is 0 Å². The topological polar surface area (TPSA) is 105 Å². The average Bonchev–Trinajstić information content (AvgIpc) is 2.59. The molecular formula is C17H16N2O5. The van der Waals surface area contributed by atoms with Crippen LogP contribution in [0.15, 0.2) is 54.6 Å². The van der Waals surface area contributed by atoms with E-state index in [9.17, 15) is 14.4 Å². The molecule has 0 heterocycles. The lowest BCUT2D eigenvalue weighted by molar-refractivity contribution is -0.115. The smallest absolute Gasteiger partial charge is 0.407 e. The maximum absolute atomic E-state index is 11.8. The van der Waals surface area contributed by atoms with E-state index in [0.29, 0.717) is 0 Å². The van der Waals surface area contributed by atoms with Gasteiger partial charge in [0, 0.05) is 0 Å². The van der Waals surface area contributed by atoms with Crippen molar-refractivity contribution in [1.82, 2.24) is 5.32 Å². The van der Waals surface area contributed by atoms with E-state index in [1.54, 1.807) is 12.1 Å². The molecule has 2 aromatic rings. The molecule has 0 unspecified atom stereocenters. The molecule has 0 bridgehead atoms. The van der Waals surface area contributed by atoms with Gasteiger partial charge in [0.05, 0.1) is 11.3 Å². The van der Waals surface area contributed by atoms with Gasteiger partial charge in [-0.05, 0) is 17.7 Å².